The molecule has 0 saturated carbocycles. The van der Waals surface area contributed by atoms with E-state index in [1.54, 1.807) is 18.2 Å². The highest BCUT2D eigenvalue weighted by atomic mass is 35.5. The molecule has 1 heterocycles. The third kappa shape index (κ3) is 5.86. The molecule has 0 amide bonds. The average molecular weight is 429 g/mol. The van der Waals surface area contributed by atoms with Gasteiger partial charge in [-0.3, -0.25) is 4.79 Å². The first-order chi connectivity index (χ1) is 14.0. The Morgan fingerprint density at radius 2 is 1.83 bits per heavy atom. The standard InChI is InChI=1S/C23H25FN4O.ClH/c1-27(2)16-20-14-22(18-10-11-21(24)19(13-18)15-25)26-28(23(20)29)12-6-9-17-7-4-3-5-8-17;/h3-11,13-14H,12,15-16,25H2,1-2H3;1H. The Morgan fingerprint density at radius 3 is 2.50 bits per heavy atom. The van der Waals surface area contributed by atoms with Gasteiger partial charge in [0.25, 0.3) is 5.56 Å². The number of halogens is 2. The second-order valence-electron chi connectivity index (χ2n) is 7.10. The lowest BCUT2D eigenvalue weighted by Gasteiger charge is -2.13. The van der Waals surface area contributed by atoms with Gasteiger partial charge in [0.15, 0.2) is 0 Å². The normalized spacial score (nSPS) is 11.1. The van der Waals surface area contributed by atoms with E-state index in [2.05, 4.69) is 5.10 Å². The highest BCUT2D eigenvalue weighted by Gasteiger charge is 2.12. The molecule has 0 aliphatic heterocycles. The highest BCUT2D eigenvalue weighted by Crippen LogP contribution is 2.20. The molecule has 0 aliphatic rings. The molecule has 2 N–H and O–H groups in total. The molecule has 30 heavy (non-hydrogen) atoms. The van der Waals surface area contributed by atoms with Crippen LogP contribution >= 0.6 is 12.4 Å². The molecule has 0 spiro atoms. The van der Waals surface area contributed by atoms with Crippen LogP contribution in [0.25, 0.3) is 17.3 Å². The van der Waals surface area contributed by atoms with Crippen molar-refractivity contribution < 1.29 is 4.39 Å². The minimum absolute atomic E-state index is 0. The minimum atomic E-state index is -0.344. The molecule has 1 aromatic heterocycles. The monoisotopic (exact) mass is 428 g/mol. The molecule has 0 unspecified atom stereocenters. The molecule has 3 rings (SSSR count). The second kappa shape index (κ2) is 10.8. The summed E-state index contributed by atoms with van der Waals surface area (Å²) in [6.07, 6.45) is 3.86. The Bertz CT molecular complexity index is 1060. The molecular formula is C23H26ClFN4O. The van der Waals surface area contributed by atoms with E-state index in [4.69, 9.17) is 5.73 Å². The summed E-state index contributed by atoms with van der Waals surface area (Å²) in [5.74, 6) is -0.344. The number of hydrogen-bond donors (Lipinski definition) is 1. The van der Waals surface area contributed by atoms with E-state index in [1.165, 1.54) is 10.7 Å². The van der Waals surface area contributed by atoms with Crippen LogP contribution in [0.4, 0.5) is 4.39 Å². The number of aromatic nitrogens is 2. The summed E-state index contributed by atoms with van der Waals surface area (Å²) >= 11 is 0. The van der Waals surface area contributed by atoms with Crippen molar-refractivity contribution in [2.75, 3.05) is 14.1 Å². The molecule has 0 atom stereocenters. The predicted octanol–water partition coefficient (Wildman–Crippen LogP) is 3.70. The Labute approximate surface area is 182 Å². The third-order valence-corrected chi connectivity index (χ3v) is 4.48. The second-order valence-corrected chi connectivity index (χ2v) is 7.10. The maximum atomic E-state index is 13.8. The van der Waals surface area contributed by atoms with Gasteiger partial charge >= 0.3 is 0 Å². The smallest absolute Gasteiger partial charge is 0.271 e. The summed E-state index contributed by atoms with van der Waals surface area (Å²) in [7, 11) is 3.81. The number of nitrogens with zero attached hydrogens (tertiary/aromatic N) is 3. The van der Waals surface area contributed by atoms with Crippen molar-refractivity contribution in [1.29, 1.82) is 0 Å². The van der Waals surface area contributed by atoms with E-state index >= 15 is 0 Å². The number of rotatable bonds is 7. The fourth-order valence-corrected chi connectivity index (χ4v) is 3.06. The summed E-state index contributed by atoms with van der Waals surface area (Å²) < 4.78 is 15.3. The van der Waals surface area contributed by atoms with E-state index < -0.39 is 0 Å². The van der Waals surface area contributed by atoms with Gasteiger partial charge < -0.3 is 10.6 Å². The lowest BCUT2D eigenvalue weighted by molar-refractivity contribution is 0.397. The number of hydrogen-bond acceptors (Lipinski definition) is 4. The molecule has 5 nitrogen and oxygen atoms in total. The van der Waals surface area contributed by atoms with Crippen LogP contribution in [0, 0.1) is 5.82 Å². The summed E-state index contributed by atoms with van der Waals surface area (Å²) in [4.78, 5) is 14.8. The molecule has 0 fully saturated rings. The van der Waals surface area contributed by atoms with Gasteiger partial charge in [0.2, 0.25) is 0 Å². The molecule has 0 radical (unpaired) electrons. The Hall–Kier alpha value is -2.80. The van der Waals surface area contributed by atoms with E-state index in [9.17, 15) is 9.18 Å². The Kier molecular flexibility index (Phi) is 8.47. The van der Waals surface area contributed by atoms with Crippen LogP contribution in [-0.4, -0.2) is 28.8 Å². The van der Waals surface area contributed by atoms with Crippen LogP contribution < -0.4 is 11.3 Å². The van der Waals surface area contributed by atoms with Crippen LogP contribution in [0.1, 0.15) is 16.7 Å². The van der Waals surface area contributed by atoms with Gasteiger partial charge in [-0.1, -0.05) is 42.5 Å². The third-order valence-electron chi connectivity index (χ3n) is 4.48. The molecule has 2 aromatic carbocycles. The lowest BCUT2D eigenvalue weighted by atomic mass is 10.1. The Balaban J connectivity index is 0.00000320. The number of benzene rings is 2. The molecule has 0 saturated heterocycles. The first kappa shape index (κ1) is 23.5. The fourth-order valence-electron chi connectivity index (χ4n) is 3.06. The quantitative estimate of drug-likeness (QED) is 0.623. The van der Waals surface area contributed by atoms with Gasteiger partial charge in [-0.2, -0.15) is 5.10 Å². The van der Waals surface area contributed by atoms with Gasteiger partial charge in [0.1, 0.15) is 5.82 Å². The van der Waals surface area contributed by atoms with Crippen LogP contribution in [0.5, 0.6) is 0 Å². The van der Waals surface area contributed by atoms with Gasteiger partial charge in [-0.25, -0.2) is 9.07 Å². The molecule has 0 bridgehead atoms. The predicted molar refractivity (Wildman–Crippen MR) is 122 cm³/mol. The summed E-state index contributed by atoms with van der Waals surface area (Å²) in [5.41, 5.74) is 8.94. The van der Waals surface area contributed by atoms with E-state index in [0.29, 0.717) is 29.9 Å². The van der Waals surface area contributed by atoms with Gasteiger partial charge in [-0.05, 0) is 43.9 Å². The topological polar surface area (TPSA) is 64.2 Å². The SMILES string of the molecule is CN(C)Cc1cc(-c2ccc(F)c(CN)c2)nn(CC=Cc2ccccc2)c1=O.Cl. The van der Waals surface area contributed by atoms with Crippen LogP contribution in [0.2, 0.25) is 0 Å². The van der Waals surface area contributed by atoms with Gasteiger partial charge in [-0.15, -0.1) is 12.4 Å². The zero-order valence-corrected chi connectivity index (χ0v) is 17.9. The van der Waals surface area contributed by atoms with E-state index in [1.807, 2.05) is 61.5 Å². The fraction of sp³-hybridized carbons (Fsp3) is 0.217. The zero-order valence-electron chi connectivity index (χ0n) is 17.1. The first-order valence-corrected chi connectivity index (χ1v) is 9.44. The molecule has 0 aliphatic carbocycles. The number of allylic oxidation sites excluding steroid dienone is 1. The maximum absolute atomic E-state index is 13.8. The van der Waals surface area contributed by atoms with Crippen molar-refractivity contribution in [3.63, 3.8) is 0 Å². The van der Waals surface area contributed by atoms with Crippen molar-refractivity contribution in [3.05, 3.63) is 93.5 Å². The maximum Gasteiger partial charge on any atom is 0.271 e. The van der Waals surface area contributed by atoms with Crippen molar-refractivity contribution in [2.45, 2.75) is 19.6 Å². The van der Waals surface area contributed by atoms with Gasteiger partial charge in [0.05, 0.1) is 12.2 Å². The van der Waals surface area contributed by atoms with Crippen molar-refractivity contribution in [1.82, 2.24) is 14.7 Å². The summed E-state index contributed by atoms with van der Waals surface area (Å²) in [6.45, 7) is 0.929. The van der Waals surface area contributed by atoms with E-state index in [-0.39, 0.29) is 30.3 Å². The van der Waals surface area contributed by atoms with E-state index in [0.717, 1.165) is 11.1 Å². The van der Waals surface area contributed by atoms with Crippen molar-refractivity contribution in [3.8, 4) is 11.3 Å². The summed E-state index contributed by atoms with van der Waals surface area (Å²) in [5, 5.41) is 4.52. The van der Waals surface area contributed by atoms with Crippen molar-refractivity contribution in [2.24, 2.45) is 5.73 Å². The van der Waals surface area contributed by atoms with Crippen LogP contribution in [-0.2, 0) is 19.6 Å². The van der Waals surface area contributed by atoms with Gasteiger partial charge in [0, 0.05) is 29.8 Å². The van der Waals surface area contributed by atoms with Crippen LogP contribution in [0.15, 0.2) is 65.5 Å². The largest absolute Gasteiger partial charge is 0.326 e. The zero-order chi connectivity index (χ0) is 20.8. The van der Waals surface area contributed by atoms with Crippen LogP contribution in [0.3, 0.4) is 0 Å². The summed E-state index contributed by atoms with van der Waals surface area (Å²) in [6, 6.07) is 16.4. The first-order valence-electron chi connectivity index (χ1n) is 9.44. The highest BCUT2D eigenvalue weighted by molar-refractivity contribution is 5.85. The lowest BCUT2D eigenvalue weighted by Crippen LogP contribution is -2.29. The minimum Gasteiger partial charge on any atom is -0.326 e. The van der Waals surface area contributed by atoms with Crippen molar-refractivity contribution >= 4 is 18.5 Å². The average Bonchev–Trinajstić information content (AvgIpc) is 2.71. The molecule has 158 valence electrons. The number of nitrogens with two attached hydrogens (primary N) is 1. The molecule has 3 aromatic rings. The molecular weight excluding hydrogens is 403 g/mol. The Morgan fingerprint density at radius 1 is 1.10 bits per heavy atom. The molecule has 7 heteroatoms.